The molecule has 0 aromatic heterocycles. The fourth-order valence-electron chi connectivity index (χ4n) is 1.78. The quantitative estimate of drug-likeness (QED) is 0.703. The van der Waals surface area contributed by atoms with Crippen molar-refractivity contribution >= 4 is 11.6 Å². The third kappa shape index (κ3) is 1.58. The number of anilines is 1. The zero-order valence-corrected chi connectivity index (χ0v) is 9.28. The number of hydrogen-bond donors (Lipinski definition) is 0. The van der Waals surface area contributed by atoms with Crippen LogP contribution < -0.4 is 9.64 Å². The van der Waals surface area contributed by atoms with Crippen molar-refractivity contribution in [1.82, 2.24) is 0 Å². The van der Waals surface area contributed by atoms with Crippen LogP contribution in [0.3, 0.4) is 0 Å². The van der Waals surface area contributed by atoms with Crippen molar-refractivity contribution in [3.63, 3.8) is 0 Å². The van der Waals surface area contributed by atoms with Gasteiger partial charge in [-0.2, -0.15) is 0 Å². The van der Waals surface area contributed by atoms with Crippen molar-refractivity contribution in [3.8, 4) is 5.75 Å². The number of fused-ring (bicyclic) bond motifs is 1. The van der Waals surface area contributed by atoms with E-state index in [0.717, 1.165) is 17.0 Å². The summed E-state index contributed by atoms with van der Waals surface area (Å²) in [6.07, 6.45) is 0. The molecule has 3 nitrogen and oxygen atoms in total. The Kier molecular flexibility index (Phi) is 2.39. The lowest BCUT2D eigenvalue weighted by atomic mass is 10.0. The van der Waals surface area contributed by atoms with Gasteiger partial charge in [0.05, 0.1) is 5.69 Å². The Balaban J connectivity index is 2.53. The predicted octanol–water partition coefficient (Wildman–Crippen LogP) is 2.17. The SMILES string of the molecule is CC(C)c1cccc2c1OCC(=O)N2C. The molecule has 0 aliphatic carbocycles. The minimum absolute atomic E-state index is 0.00315. The second-order valence-corrected chi connectivity index (χ2v) is 4.09. The van der Waals surface area contributed by atoms with Crippen LogP contribution in [-0.4, -0.2) is 19.6 Å². The minimum Gasteiger partial charge on any atom is -0.481 e. The fourth-order valence-corrected chi connectivity index (χ4v) is 1.78. The first-order chi connectivity index (χ1) is 7.11. The second kappa shape index (κ2) is 3.57. The summed E-state index contributed by atoms with van der Waals surface area (Å²) in [7, 11) is 1.79. The topological polar surface area (TPSA) is 29.5 Å². The molecule has 0 spiro atoms. The van der Waals surface area contributed by atoms with Crippen LogP contribution in [0.5, 0.6) is 5.75 Å². The lowest BCUT2D eigenvalue weighted by Crippen LogP contribution is -2.35. The summed E-state index contributed by atoms with van der Waals surface area (Å²) < 4.78 is 5.51. The Morgan fingerprint density at radius 3 is 2.80 bits per heavy atom. The van der Waals surface area contributed by atoms with Crippen molar-refractivity contribution in [2.24, 2.45) is 0 Å². The highest BCUT2D eigenvalue weighted by molar-refractivity contribution is 5.97. The van der Waals surface area contributed by atoms with Crippen molar-refractivity contribution in [2.75, 3.05) is 18.6 Å². The van der Waals surface area contributed by atoms with Crippen molar-refractivity contribution in [2.45, 2.75) is 19.8 Å². The number of benzene rings is 1. The van der Waals surface area contributed by atoms with Gasteiger partial charge < -0.3 is 9.64 Å². The van der Waals surface area contributed by atoms with Gasteiger partial charge in [0.2, 0.25) is 0 Å². The number of carbonyl (C=O) groups is 1. The summed E-state index contributed by atoms with van der Waals surface area (Å²) in [6.45, 7) is 4.39. The van der Waals surface area contributed by atoms with E-state index in [0.29, 0.717) is 5.92 Å². The van der Waals surface area contributed by atoms with Gasteiger partial charge in [-0.3, -0.25) is 4.79 Å². The molecule has 1 heterocycles. The lowest BCUT2D eigenvalue weighted by Gasteiger charge is -2.28. The standard InChI is InChI=1S/C12H15NO2/c1-8(2)9-5-4-6-10-12(9)15-7-11(14)13(10)3/h4-6,8H,7H2,1-3H3. The van der Waals surface area contributed by atoms with E-state index in [-0.39, 0.29) is 12.5 Å². The smallest absolute Gasteiger partial charge is 0.264 e. The van der Waals surface area contributed by atoms with E-state index in [9.17, 15) is 4.79 Å². The van der Waals surface area contributed by atoms with Crippen LogP contribution in [0.15, 0.2) is 18.2 Å². The molecule has 1 aliphatic heterocycles. The number of amides is 1. The second-order valence-electron chi connectivity index (χ2n) is 4.09. The van der Waals surface area contributed by atoms with Crippen LogP contribution in [0.1, 0.15) is 25.3 Å². The number of ether oxygens (including phenoxy) is 1. The number of carbonyl (C=O) groups excluding carboxylic acids is 1. The van der Waals surface area contributed by atoms with Gasteiger partial charge in [-0.15, -0.1) is 0 Å². The average molecular weight is 205 g/mol. The first kappa shape index (κ1) is 10.0. The third-order valence-corrected chi connectivity index (χ3v) is 2.72. The minimum atomic E-state index is 0.00315. The van der Waals surface area contributed by atoms with Gasteiger partial charge in [-0.05, 0) is 17.5 Å². The maximum Gasteiger partial charge on any atom is 0.264 e. The molecule has 0 fully saturated rings. The number of rotatable bonds is 1. The molecule has 1 amide bonds. The molecule has 0 bridgehead atoms. The summed E-state index contributed by atoms with van der Waals surface area (Å²) >= 11 is 0. The monoisotopic (exact) mass is 205 g/mol. The zero-order chi connectivity index (χ0) is 11.0. The first-order valence-corrected chi connectivity index (χ1v) is 5.13. The molecule has 15 heavy (non-hydrogen) atoms. The highest BCUT2D eigenvalue weighted by atomic mass is 16.5. The highest BCUT2D eigenvalue weighted by Crippen LogP contribution is 2.37. The number of para-hydroxylation sites is 1. The van der Waals surface area contributed by atoms with E-state index >= 15 is 0 Å². The summed E-state index contributed by atoms with van der Waals surface area (Å²) in [5.41, 5.74) is 2.03. The Hall–Kier alpha value is -1.51. The molecule has 0 N–H and O–H groups in total. The summed E-state index contributed by atoms with van der Waals surface area (Å²) in [5, 5.41) is 0. The largest absolute Gasteiger partial charge is 0.481 e. The Labute approximate surface area is 89.7 Å². The molecule has 1 aliphatic rings. The van der Waals surface area contributed by atoms with Gasteiger partial charge in [0.1, 0.15) is 5.75 Å². The van der Waals surface area contributed by atoms with Crippen LogP contribution in [0, 0.1) is 0 Å². The van der Waals surface area contributed by atoms with E-state index in [2.05, 4.69) is 13.8 Å². The van der Waals surface area contributed by atoms with Gasteiger partial charge >= 0.3 is 0 Å². The maximum absolute atomic E-state index is 11.4. The third-order valence-electron chi connectivity index (χ3n) is 2.72. The van der Waals surface area contributed by atoms with E-state index in [1.165, 1.54) is 0 Å². The van der Waals surface area contributed by atoms with Gasteiger partial charge in [-0.25, -0.2) is 0 Å². The van der Waals surface area contributed by atoms with Gasteiger partial charge in [0.15, 0.2) is 6.61 Å². The zero-order valence-electron chi connectivity index (χ0n) is 9.28. The van der Waals surface area contributed by atoms with Gasteiger partial charge in [-0.1, -0.05) is 26.0 Å². The van der Waals surface area contributed by atoms with Crippen molar-refractivity contribution in [1.29, 1.82) is 0 Å². The van der Waals surface area contributed by atoms with E-state index < -0.39 is 0 Å². The number of likely N-dealkylation sites (N-methyl/N-ethyl adjacent to an activating group) is 1. The van der Waals surface area contributed by atoms with Crippen LogP contribution in [0.25, 0.3) is 0 Å². The normalized spacial score (nSPS) is 15.2. The summed E-state index contributed by atoms with van der Waals surface area (Å²) in [5.74, 6) is 1.26. The van der Waals surface area contributed by atoms with E-state index in [1.807, 2.05) is 18.2 Å². The van der Waals surface area contributed by atoms with Gasteiger partial charge in [0, 0.05) is 7.05 Å². The first-order valence-electron chi connectivity index (χ1n) is 5.13. The molecule has 1 aromatic rings. The maximum atomic E-state index is 11.4. The molecule has 0 atom stereocenters. The van der Waals surface area contributed by atoms with Gasteiger partial charge in [0.25, 0.3) is 5.91 Å². The lowest BCUT2D eigenvalue weighted by molar-refractivity contribution is -0.121. The number of hydrogen-bond acceptors (Lipinski definition) is 2. The Morgan fingerprint density at radius 2 is 2.13 bits per heavy atom. The molecular weight excluding hydrogens is 190 g/mol. The van der Waals surface area contributed by atoms with Crippen LogP contribution in [0.4, 0.5) is 5.69 Å². The van der Waals surface area contributed by atoms with Crippen molar-refractivity contribution in [3.05, 3.63) is 23.8 Å². The molecule has 2 rings (SSSR count). The molecular formula is C12H15NO2. The molecule has 80 valence electrons. The van der Waals surface area contributed by atoms with Crippen molar-refractivity contribution < 1.29 is 9.53 Å². The summed E-state index contributed by atoms with van der Waals surface area (Å²) in [6, 6.07) is 5.93. The predicted molar refractivity (Wildman–Crippen MR) is 59.4 cm³/mol. The Bertz CT molecular complexity index is 399. The van der Waals surface area contributed by atoms with Crippen LogP contribution in [0.2, 0.25) is 0 Å². The molecule has 0 radical (unpaired) electrons. The Morgan fingerprint density at radius 1 is 1.40 bits per heavy atom. The molecule has 1 aromatic carbocycles. The van der Waals surface area contributed by atoms with Crippen LogP contribution in [-0.2, 0) is 4.79 Å². The molecule has 3 heteroatoms. The molecule has 0 unspecified atom stereocenters. The van der Waals surface area contributed by atoms with E-state index in [1.54, 1.807) is 11.9 Å². The fraction of sp³-hybridized carbons (Fsp3) is 0.417. The molecule has 0 saturated carbocycles. The molecule has 0 saturated heterocycles. The van der Waals surface area contributed by atoms with Crippen LogP contribution >= 0.6 is 0 Å². The number of nitrogens with zero attached hydrogens (tertiary/aromatic N) is 1. The highest BCUT2D eigenvalue weighted by Gasteiger charge is 2.24. The summed E-state index contributed by atoms with van der Waals surface area (Å²) in [4.78, 5) is 13.1. The average Bonchev–Trinajstić information content (AvgIpc) is 2.23. The van der Waals surface area contributed by atoms with E-state index in [4.69, 9.17) is 4.74 Å².